The molecule has 19 heavy (non-hydrogen) atoms. The second-order valence-electron chi connectivity index (χ2n) is 3.93. The number of aromatic amines is 1. The summed E-state index contributed by atoms with van der Waals surface area (Å²) in [5.74, 6) is -0.517. The molecule has 0 saturated heterocycles. The van der Waals surface area contributed by atoms with Crippen LogP contribution in [-0.2, 0) is 0 Å². The molecule has 0 fully saturated rings. The summed E-state index contributed by atoms with van der Waals surface area (Å²) in [6, 6.07) is 12.2. The number of rotatable bonds is 3. The van der Waals surface area contributed by atoms with Crippen molar-refractivity contribution in [1.29, 1.82) is 0 Å². The van der Waals surface area contributed by atoms with Crippen LogP contribution in [-0.4, -0.2) is 16.3 Å². The highest BCUT2D eigenvalue weighted by atomic mass is 32.2. The number of carbonyl (C=O) groups excluding carboxylic acids is 1. The largest absolute Gasteiger partial charge is 0.333 e. The van der Waals surface area contributed by atoms with Gasteiger partial charge in [0.15, 0.2) is 11.4 Å². The van der Waals surface area contributed by atoms with Gasteiger partial charge in [0.25, 0.3) is 0 Å². The normalized spacial score (nSPS) is 10.8. The van der Waals surface area contributed by atoms with Crippen LogP contribution in [0.1, 0.15) is 10.4 Å². The van der Waals surface area contributed by atoms with Crippen molar-refractivity contribution in [3.05, 3.63) is 53.8 Å². The van der Waals surface area contributed by atoms with E-state index in [0.29, 0.717) is 16.3 Å². The number of halogens is 1. The molecule has 3 nitrogen and oxygen atoms in total. The van der Waals surface area contributed by atoms with E-state index in [2.05, 4.69) is 9.97 Å². The number of imidazole rings is 1. The molecular weight excluding hydrogens is 263 g/mol. The number of hydrogen-bond acceptors (Lipinski definition) is 3. The maximum atomic E-state index is 13.5. The second-order valence-corrected chi connectivity index (χ2v) is 4.96. The van der Waals surface area contributed by atoms with Gasteiger partial charge in [-0.1, -0.05) is 30.0 Å². The lowest BCUT2D eigenvalue weighted by Crippen LogP contribution is -1.91. The van der Waals surface area contributed by atoms with Gasteiger partial charge in [-0.15, -0.1) is 0 Å². The Balaban J connectivity index is 2.01. The maximum absolute atomic E-state index is 13.5. The number of hydrogen-bond donors (Lipinski definition) is 1. The number of aldehydes is 1. The van der Waals surface area contributed by atoms with Gasteiger partial charge in [-0.3, -0.25) is 4.79 Å². The van der Waals surface area contributed by atoms with Crippen molar-refractivity contribution in [2.45, 2.75) is 10.1 Å². The number of carbonyl (C=O) groups is 1. The minimum Gasteiger partial charge on any atom is -0.333 e. The molecular formula is C14H9FN2OS. The molecule has 0 radical (unpaired) electrons. The van der Waals surface area contributed by atoms with Crippen LogP contribution in [0.2, 0.25) is 0 Å². The number of para-hydroxylation sites is 2. The van der Waals surface area contributed by atoms with E-state index >= 15 is 0 Å². The minimum atomic E-state index is -0.517. The zero-order chi connectivity index (χ0) is 13.2. The van der Waals surface area contributed by atoms with Crippen molar-refractivity contribution in [2.24, 2.45) is 0 Å². The topological polar surface area (TPSA) is 45.8 Å². The van der Waals surface area contributed by atoms with E-state index in [0.717, 1.165) is 11.0 Å². The standard InChI is InChI=1S/C14H9FN2OS/c15-10-4-3-7-13(9(10)8-18)19-14-16-11-5-1-2-6-12(11)17-14/h1-8H,(H,16,17). The average Bonchev–Trinajstić information content (AvgIpc) is 2.81. The molecule has 3 rings (SSSR count). The predicted molar refractivity (Wildman–Crippen MR) is 72.0 cm³/mol. The number of H-pyrrole nitrogens is 1. The lowest BCUT2D eigenvalue weighted by atomic mass is 10.2. The zero-order valence-electron chi connectivity index (χ0n) is 9.76. The van der Waals surface area contributed by atoms with Gasteiger partial charge in [0, 0.05) is 4.90 Å². The molecule has 3 aromatic rings. The van der Waals surface area contributed by atoms with Crippen LogP contribution < -0.4 is 0 Å². The molecule has 0 aliphatic carbocycles. The predicted octanol–water partition coefficient (Wildman–Crippen LogP) is 3.67. The number of aromatic nitrogens is 2. The first kappa shape index (κ1) is 11.9. The molecule has 0 saturated carbocycles. The molecule has 0 amide bonds. The third-order valence-corrected chi connectivity index (χ3v) is 3.67. The number of nitrogens with one attached hydrogen (secondary N) is 1. The van der Waals surface area contributed by atoms with Crippen LogP contribution in [0.5, 0.6) is 0 Å². The van der Waals surface area contributed by atoms with E-state index in [4.69, 9.17) is 0 Å². The van der Waals surface area contributed by atoms with E-state index in [1.807, 2.05) is 24.3 Å². The zero-order valence-corrected chi connectivity index (χ0v) is 10.6. The Morgan fingerprint density at radius 3 is 2.79 bits per heavy atom. The highest BCUT2D eigenvalue weighted by Crippen LogP contribution is 2.30. The third kappa shape index (κ3) is 2.24. The van der Waals surface area contributed by atoms with Crippen molar-refractivity contribution in [2.75, 3.05) is 0 Å². The van der Waals surface area contributed by atoms with Crippen molar-refractivity contribution in [3.63, 3.8) is 0 Å². The molecule has 0 spiro atoms. The summed E-state index contributed by atoms with van der Waals surface area (Å²) < 4.78 is 13.5. The van der Waals surface area contributed by atoms with E-state index < -0.39 is 5.82 Å². The van der Waals surface area contributed by atoms with E-state index in [-0.39, 0.29) is 5.56 Å². The summed E-state index contributed by atoms with van der Waals surface area (Å²) in [6.45, 7) is 0. The Hall–Kier alpha value is -2.14. The molecule has 0 atom stereocenters. The summed E-state index contributed by atoms with van der Waals surface area (Å²) in [5.41, 5.74) is 1.82. The van der Waals surface area contributed by atoms with Gasteiger partial charge in [-0.05, 0) is 24.3 Å². The van der Waals surface area contributed by atoms with Gasteiger partial charge in [0.1, 0.15) is 5.82 Å². The minimum absolute atomic E-state index is 0.0629. The Kier molecular flexibility index (Phi) is 3.05. The van der Waals surface area contributed by atoms with Gasteiger partial charge in [-0.25, -0.2) is 9.37 Å². The molecule has 1 aromatic heterocycles. The smallest absolute Gasteiger partial charge is 0.171 e. The van der Waals surface area contributed by atoms with Crippen molar-refractivity contribution >= 4 is 29.1 Å². The fourth-order valence-electron chi connectivity index (χ4n) is 1.80. The van der Waals surface area contributed by atoms with Gasteiger partial charge < -0.3 is 4.98 Å². The first-order valence-electron chi connectivity index (χ1n) is 5.64. The summed E-state index contributed by atoms with van der Waals surface area (Å²) in [5, 5.41) is 0.634. The summed E-state index contributed by atoms with van der Waals surface area (Å²) in [7, 11) is 0. The van der Waals surface area contributed by atoms with Crippen LogP contribution in [0.4, 0.5) is 4.39 Å². The molecule has 1 N–H and O–H groups in total. The highest BCUT2D eigenvalue weighted by Gasteiger charge is 2.11. The fraction of sp³-hybridized carbons (Fsp3) is 0. The highest BCUT2D eigenvalue weighted by molar-refractivity contribution is 7.99. The lowest BCUT2D eigenvalue weighted by molar-refractivity contribution is 0.111. The summed E-state index contributed by atoms with van der Waals surface area (Å²) >= 11 is 1.24. The molecule has 2 aromatic carbocycles. The van der Waals surface area contributed by atoms with Crippen molar-refractivity contribution in [1.82, 2.24) is 9.97 Å². The monoisotopic (exact) mass is 272 g/mol. The van der Waals surface area contributed by atoms with E-state index in [1.165, 1.54) is 17.8 Å². The van der Waals surface area contributed by atoms with Crippen LogP contribution in [0.25, 0.3) is 11.0 Å². The molecule has 5 heteroatoms. The van der Waals surface area contributed by atoms with Gasteiger partial charge in [0.2, 0.25) is 0 Å². The Morgan fingerprint density at radius 2 is 2.00 bits per heavy atom. The van der Waals surface area contributed by atoms with Crippen molar-refractivity contribution < 1.29 is 9.18 Å². The van der Waals surface area contributed by atoms with Crippen molar-refractivity contribution in [3.8, 4) is 0 Å². The average molecular weight is 272 g/mol. The molecule has 0 aliphatic heterocycles. The van der Waals surface area contributed by atoms with Gasteiger partial charge in [-0.2, -0.15) is 0 Å². The first-order valence-corrected chi connectivity index (χ1v) is 6.46. The Bertz CT molecular complexity index is 721. The van der Waals surface area contributed by atoms with Crippen LogP contribution >= 0.6 is 11.8 Å². The lowest BCUT2D eigenvalue weighted by Gasteiger charge is -2.02. The number of benzene rings is 2. The maximum Gasteiger partial charge on any atom is 0.171 e. The van der Waals surface area contributed by atoms with Gasteiger partial charge in [0.05, 0.1) is 16.6 Å². The quantitative estimate of drug-likeness (QED) is 0.740. The Morgan fingerprint density at radius 1 is 1.16 bits per heavy atom. The Labute approximate surface area is 112 Å². The van der Waals surface area contributed by atoms with E-state index in [9.17, 15) is 9.18 Å². The molecule has 0 aliphatic rings. The van der Waals surface area contributed by atoms with Gasteiger partial charge >= 0.3 is 0 Å². The van der Waals surface area contributed by atoms with Crippen LogP contribution in [0.3, 0.4) is 0 Å². The van der Waals surface area contributed by atoms with Crippen LogP contribution in [0, 0.1) is 5.82 Å². The summed E-state index contributed by atoms with van der Waals surface area (Å²) in [6.07, 6.45) is 0.528. The number of nitrogens with zero attached hydrogens (tertiary/aromatic N) is 1. The SMILES string of the molecule is O=Cc1c(F)cccc1Sc1nc2ccccc2[nH]1. The molecule has 94 valence electrons. The second kappa shape index (κ2) is 4.85. The van der Waals surface area contributed by atoms with E-state index in [1.54, 1.807) is 12.1 Å². The molecule has 1 heterocycles. The number of fused-ring (bicyclic) bond motifs is 1. The van der Waals surface area contributed by atoms with Crippen LogP contribution in [0.15, 0.2) is 52.5 Å². The third-order valence-electron chi connectivity index (χ3n) is 2.71. The first-order chi connectivity index (χ1) is 9.28. The fourth-order valence-corrected chi connectivity index (χ4v) is 2.72. The molecule has 0 bridgehead atoms. The summed E-state index contributed by atoms with van der Waals surface area (Å²) in [4.78, 5) is 19.0. The molecule has 0 unspecified atom stereocenters.